The average molecular weight is 84.2 g/mol. The maximum absolute atomic E-state index is 7.28. The monoisotopic (exact) mass is 84.1 g/mol. The first kappa shape index (κ1) is 0.399. The van der Waals surface area contributed by atoms with Crippen molar-refractivity contribution in [2.24, 2.45) is 5.89 Å². The van der Waals surface area contributed by atoms with Gasteiger partial charge in [-0.1, -0.05) is 13.7 Å². The van der Waals surface area contributed by atoms with Gasteiger partial charge in [-0.2, -0.15) is 0 Å². The average Bonchev–Trinajstić information content (AvgIpc) is 1.98. The van der Waals surface area contributed by atoms with Crippen LogP contribution in [0.25, 0.3) is 0 Å². The third kappa shape index (κ3) is 3.96. The van der Waals surface area contributed by atoms with E-state index in [-0.39, 0.29) is 0 Å². The van der Waals surface area contributed by atoms with Gasteiger partial charge in [-0.05, 0) is 5.89 Å². The summed E-state index contributed by atoms with van der Waals surface area (Å²) < 4.78 is 68.9. The molecule has 0 radical (unpaired) electrons. The number of rotatable bonds is 2. The number of aliphatic hydroxyl groups is 1. The Labute approximate surface area is 46.8 Å². The number of hydrogen-bond donors (Lipinski definition) is 1. The minimum Gasteiger partial charge on any atom is -0.396 e. The first-order valence-electron chi connectivity index (χ1n) is 5.86. The van der Waals surface area contributed by atoms with Gasteiger partial charge in [-0.3, -0.25) is 0 Å². The van der Waals surface area contributed by atoms with E-state index in [9.17, 15) is 0 Å². The van der Waals surface area contributed by atoms with Gasteiger partial charge in [0, 0.05) is 16.2 Å². The van der Waals surface area contributed by atoms with Crippen LogP contribution in [0.4, 0.5) is 0 Å². The molecule has 5 heavy (non-hydrogen) atoms. The Bertz CT molecular complexity index is 211. The van der Waals surface area contributed by atoms with E-state index in [2.05, 4.69) is 5.11 Å². The van der Waals surface area contributed by atoms with Crippen LogP contribution in [0.2, 0.25) is 0 Å². The molecule has 0 heterocycles. The molecular formula is C4H10O. The fourth-order valence-corrected chi connectivity index (χ4v) is 0. The van der Waals surface area contributed by atoms with E-state index in [0.717, 1.165) is 0 Å². The van der Waals surface area contributed by atoms with Crippen molar-refractivity contribution >= 4 is 0 Å². The standard InChI is InChI=1S/C4H10O/c1-4(2)3-5/h4-5H,3H2,1-2H3/i1D3,2D3,3D2,4D,5D. The zero-order valence-corrected chi connectivity index (χ0v) is 2.41. The predicted molar refractivity (Wildman–Crippen MR) is 21.9 cm³/mol. The molecule has 1 N–H and O–H groups in total. The van der Waals surface area contributed by atoms with Gasteiger partial charge in [0.05, 0.1) is 2.74 Å². The molecule has 0 amide bonds. The highest BCUT2D eigenvalue weighted by atomic mass is 16.3. The minimum atomic E-state index is -3.51. The normalized spacial score (nSPS) is 48.8. The molecule has 0 aromatic carbocycles. The van der Waals surface area contributed by atoms with Crippen LogP contribution in [0.5, 0.6) is 0 Å². The van der Waals surface area contributed by atoms with E-state index in [1.807, 2.05) is 0 Å². The smallest absolute Gasteiger partial charge is 0.210 e. The van der Waals surface area contributed by atoms with Crippen LogP contribution in [-0.4, -0.2) is 13.1 Å². The highest BCUT2D eigenvalue weighted by molar-refractivity contribution is 4.32. The molecule has 1 heteroatoms. The lowest BCUT2D eigenvalue weighted by molar-refractivity contribution is 0.248. The first-order chi connectivity index (χ1) is 6.31. The SMILES string of the molecule is [2H]OC([2H])([2H])C([2H])(C([2H])([2H])[2H])C([2H])([2H])[2H]. The Balaban J connectivity index is 5.65. The second-order valence-electron chi connectivity index (χ2n) is 0.477. The first-order valence-corrected chi connectivity index (χ1v) is 0.954. The van der Waals surface area contributed by atoms with Gasteiger partial charge in [0.25, 0.3) is 0 Å². The molecule has 0 rings (SSSR count). The second-order valence-corrected chi connectivity index (χ2v) is 0.477. The fourth-order valence-electron chi connectivity index (χ4n) is 0. The third-order valence-electron chi connectivity index (χ3n) is 0.102. The second kappa shape index (κ2) is 2.21. The molecule has 1 nitrogen and oxygen atoms in total. The van der Waals surface area contributed by atoms with Crippen molar-refractivity contribution in [1.29, 1.82) is 1.43 Å². The summed E-state index contributed by atoms with van der Waals surface area (Å²) in [6.07, 6.45) is 0. The van der Waals surface area contributed by atoms with Crippen molar-refractivity contribution in [1.82, 2.24) is 0 Å². The van der Waals surface area contributed by atoms with E-state index in [1.165, 1.54) is 0 Å². The summed E-state index contributed by atoms with van der Waals surface area (Å²) in [5.74, 6) is -3.51. The molecule has 0 atom stereocenters. The zero-order valence-electron chi connectivity index (χ0n) is 12.4. The van der Waals surface area contributed by atoms with Crippen LogP contribution in [0.3, 0.4) is 0 Å². The lowest BCUT2D eigenvalue weighted by Crippen LogP contribution is -1.90. The Morgan fingerprint density at radius 2 is 3.40 bits per heavy atom. The van der Waals surface area contributed by atoms with Crippen molar-refractivity contribution < 1.29 is 17.4 Å². The topological polar surface area (TPSA) is 20.2 Å². The fraction of sp³-hybridized carbons (Fsp3) is 1.00. The maximum Gasteiger partial charge on any atom is 0.210 e. The molecule has 0 unspecified atom stereocenters. The molecule has 0 saturated carbocycles. The highest BCUT2D eigenvalue weighted by Gasteiger charge is 1.81. The van der Waals surface area contributed by atoms with Crippen molar-refractivity contribution in [3.05, 3.63) is 0 Å². The molecular weight excluding hydrogens is 64.0 g/mol. The molecule has 0 aromatic heterocycles. The van der Waals surface area contributed by atoms with Crippen LogP contribution >= 0.6 is 0 Å². The van der Waals surface area contributed by atoms with E-state index < -0.39 is 26.2 Å². The zero-order chi connectivity index (χ0) is 12.7. The molecule has 0 saturated heterocycles. The van der Waals surface area contributed by atoms with Gasteiger partial charge in [0.15, 0.2) is 0 Å². The van der Waals surface area contributed by atoms with E-state index in [4.69, 9.17) is 13.8 Å². The summed E-state index contributed by atoms with van der Waals surface area (Å²) >= 11 is 0. The highest BCUT2D eigenvalue weighted by Crippen LogP contribution is 1.83. The summed E-state index contributed by atoms with van der Waals surface area (Å²) in [5.41, 5.74) is 0. The largest absolute Gasteiger partial charge is 0.396 e. The van der Waals surface area contributed by atoms with Gasteiger partial charge in [0.1, 0.15) is 0 Å². The summed E-state index contributed by atoms with van der Waals surface area (Å²) in [6, 6.07) is 0. The van der Waals surface area contributed by atoms with Crippen LogP contribution in [0.1, 0.15) is 26.0 Å². The maximum atomic E-state index is 7.28. The van der Waals surface area contributed by atoms with Crippen LogP contribution in [-0.2, 0) is 0 Å². The van der Waals surface area contributed by atoms with Gasteiger partial charge >= 0.3 is 0 Å². The summed E-state index contributed by atoms with van der Waals surface area (Å²) in [6.45, 7) is -10.3. The molecule has 0 aliphatic heterocycles. The predicted octanol–water partition coefficient (Wildman–Crippen LogP) is 0.635. The van der Waals surface area contributed by atoms with Crippen molar-refractivity contribution in [2.45, 2.75) is 13.7 Å². The quantitative estimate of drug-likeness (QED) is 0.520. The van der Waals surface area contributed by atoms with Crippen LogP contribution in [0, 0.1) is 5.89 Å². The Morgan fingerprint density at radius 3 is 3.60 bits per heavy atom. The Morgan fingerprint density at radius 1 is 2.60 bits per heavy atom. The lowest BCUT2D eigenvalue weighted by Gasteiger charge is -1.90. The molecule has 32 valence electrons. The van der Waals surface area contributed by atoms with Gasteiger partial charge in [-0.15, -0.1) is 0 Å². The molecule has 0 spiro atoms. The van der Waals surface area contributed by atoms with E-state index in [0.29, 0.717) is 0 Å². The van der Waals surface area contributed by atoms with E-state index in [1.54, 1.807) is 0 Å². The third-order valence-corrected chi connectivity index (χ3v) is 0.102. The van der Waals surface area contributed by atoms with Gasteiger partial charge in [-0.25, -0.2) is 0 Å². The summed E-state index contributed by atoms with van der Waals surface area (Å²) in [7, 11) is 0. The van der Waals surface area contributed by atoms with Crippen molar-refractivity contribution in [2.75, 3.05) is 6.56 Å². The van der Waals surface area contributed by atoms with Crippen molar-refractivity contribution in [3.8, 4) is 0 Å². The Kier molecular flexibility index (Phi) is 0.177. The van der Waals surface area contributed by atoms with E-state index >= 15 is 0 Å². The van der Waals surface area contributed by atoms with Crippen molar-refractivity contribution in [3.63, 3.8) is 0 Å². The van der Waals surface area contributed by atoms with Crippen LogP contribution < -0.4 is 0 Å². The molecule has 0 bridgehead atoms. The lowest BCUT2D eigenvalue weighted by atomic mass is 10.2. The van der Waals surface area contributed by atoms with Crippen LogP contribution in [0.15, 0.2) is 0 Å². The molecule has 0 fully saturated rings. The Hall–Kier alpha value is -0.0400. The van der Waals surface area contributed by atoms with Gasteiger partial charge < -0.3 is 5.11 Å². The number of hydrogen-bond acceptors (Lipinski definition) is 1. The summed E-state index contributed by atoms with van der Waals surface area (Å²) in [5, 5.41) is 3.43. The minimum absolute atomic E-state index is 3.43. The van der Waals surface area contributed by atoms with Gasteiger partial charge in [0.2, 0.25) is 1.43 Å². The molecule has 0 aliphatic carbocycles. The summed E-state index contributed by atoms with van der Waals surface area (Å²) in [4.78, 5) is 0. The molecule has 0 aromatic rings. The molecule has 0 aliphatic rings.